The van der Waals surface area contributed by atoms with Crippen LogP contribution in [0.5, 0.6) is 5.75 Å². The van der Waals surface area contributed by atoms with E-state index in [-0.39, 0.29) is 18.3 Å². The van der Waals surface area contributed by atoms with Gasteiger partial charge in [-0.15, -0.1) is 11.3 Å². The van der Waals surface area contributed by atoms with Gasteiger partial charge in [-0.3, -0.25) is 0 Å². The summed E-state index contributed by atoms with van der Waals surface area (Å²) >= 11 is 1.89. The molecular weight excluding hydrogens is 536 g/mol. The lowest BCUT2D eigenvalue weighted by molar-refractivity contribution is 0.242. The second-order valence-electron chi connectivity index (χ2n) is 11.3. The van der Waals surface area contributed by atoms with Crippen molar-refractivity contribution in [2.45, 2.75) is 18.3 Å². The van der Waals surface area contributed by atoms with Crippen LogP contribution in [0, 0.1) is 0 Å². The van der Waals surface area contributed by atoms with Crippen LogP contribution in [0.1, 0.15) is 21.9 Å². The van der Waals surface area contributed by atoms with E-state index in [1.807, 2.05) is 17.4 Å². The number of fused-ring (bicyclic) bond motifs is 12. The van der Waals surface area contributed by atoms with Crippen LogP contribution in [-0.2, 0) is 0 Å². The van der Waals surface area contributed by atoms with Gasteiger partial charge >= 0.3 is 0 Å². The predicted octanol–water partition coefficient (Wildman–Crippen LogP) is 9.60. The van der Waals surface area contributed by atoms with E-state index in [0.29, 0.717) is 0 Å². The molecule has 0 saturated carbocycles. The largest absolute Gasteiger partial charge is 0.456 e. The summed E-state index contributed by atoms with van der Waals surface area (Å²) < 4.78 is 14.6. The van der Waals surface area contributed by atoms with E-state index < -0.39 is 0 Å². The number of nitrogens with zero attached hydrogens (tertiary/aromatic N) is 1. The average molecular weight is 561 g/mol. The Morgan fingerprint density at radius 2 is 1.57 bits per heavy atom. The lowest BCUT2D eigenvalue weighted by atomic mass is 9.83. The van der Waals surface area contributed by atoms with Crippen molar-refractivity contribution in [2.24, 2.45) is 0 Å². The molecule has 42 heavy (non-hydrogen) atoms. The molecule has 3 aliphatic rings. The van der Waals surface area contributed by atoms with Gasteiger partial charge in [-0.25, -0.2) is 0 Å². The standard InChI is InChI=1S/C37H24N2O2S/c1-2-8-21(9-3-1)22-14-17-29-25(20-22)34-30(40-29)18-15-26-36(34)41-37(38-26)39-27-12-6-4-10-23(27)33-28(39)16-19-32-35(33)24-11-5-7-13-31(24)42-32/h1-20,28,33,37-38H. The number of furan rings is 1. The fourth-order valence-electron chi connectivity index (χ4n) is 7.30. The van der Waals surface area contributed by atoms with E-state index in [1.165, 1.54) is 37.3 Å². The summed E-state index contributed by atoms with van der Waals surface area (Å²) in [6.45, 7) is 0. The molecule has 5 aromatic carbocycles. The van der Waals surface area contributed by atoms with E-state index in [2.05, 4.69) is 125 Å². The minimum absolute atomic E-state index is 0.140. The van der Waals surface area contributed by atoms with Gasteiger partial charge in [0.15, 0.2) is 5.75 Å². The summed E-state index contributed by atoms with van der Waals surface area (Å²) in [6, 6.07) is 38.8. The van der Waals surface area contributed by atoms with Crippen LogP contribution >= 0.6 is 11.3 Å². The normalized spacial score (nSPS) is 19.9. The SMILES string of the molecule is C1=CC2C(c3ccccc3N2C2Nc3ccc4oc5ccc(-c6ccccc6)cc5c4c3O2)c2c1sc1ccccc21. The first-order valence-corrected chi connectivity index (χ1v) is 15.2. The molecule has 0 bridgehead atoms. The van der Waals surface area contributed by atoms with Crippen molar-refractivity contribution in [3.63, 3.8) is 0 Å². The van der Waals surface area contributed by atoms with Crippen molar-refractivity contribution in [1.29, 1.82) is 0 Å². The molecule has 7 aromatic rings. The maximum Gasteiger partial charge on any atom is 0.251 e. The summed E-state index contributed by atoms with van der Waals surface area (Å²) in [4.78, 5) is 3.79. The van der Waals surface area contributed by atoms with E-state index in [4.69, 9.17) is 9.15 Å². The molecule has 0 amide bonds. The Bertz CT molecular complexity index is 2250. The van der Waals surface area contributed by atoms with Crippen LogP contribution in [0.15, 0.2) is 120 Å². The van der Waals surface area contributed by atoms with E-state index in [9.17, 15) is 0 Å². The molecule has 0 saturated heterocycles. The molecule has 2 aromatic heterocycles. The maximum atomic E-state index is 6.90. The van der Waals surface area contributed by atoms with Gasteiger partial charge < -0.3 is 19.4 Å². The predicted molar refractivity (Wildman–Crippen MR) is 173 cm³/mol. The molecule has 200 valence electrons. The van der Waals surface area contributed by atoms with Crippen LogP contribution in [0.25, 0.3) is 49.2 Å². The third-order valence-electron chi connectivity index (χ3n) is 9.09. The number of para-hydroxylation sites is 1. The summed E-state index contributed by atoms with van der Waals surface area (Å²) in [5.41, 5.74) is 9.03. The molecule has 3 atom stereocenters. The number of hydrogen-bond acceptors (Lipinski definition) is 5. The highest BCUT2D eigenvalue weighted by Gasteiger charge is 2.46. The van der Waals surface area contributed by atoms with Gasteiger partial charge in [-0.05, 0) is 70.1 Å². The zero-order valence-corrected chi connectivity index (χ0v) is 23.3. The zero-order valence-electron chi connectivity index (χ0n) is 22.5. The summed E-state index contributed by atoms with van der Waals surface area (Å²) in [6.07, 6.45) is 4.33. The van der Waals surface area contributed by atoms with Crippen molar-refractivity contribution >= 4 is 60.8 Å². The fourth-order valence-corrected chi connectivity index (χ4v) is 8.47. The van der Waals surface area contributed by atoms with Crippen LogP contribution in [-0.4, -0.2) is 12.4 Å². The Morgan fingerprint density at radius 1 is 0.738 bits per heavy atom. The average Bonchev–Trinajstić information content (AvgIpc) is 3.80. The van der Waals surface area contributed by atoms with Gasteiger partial charge in [-0.2, -0.15) is 0 Å². The fraction of sp³-hybridized carbons (Fsp3) is 0.0811. The minimum Gasteiger partial charge on any atom is -0.456 e. The Labute approximate surface area is 246 Å². The van der Waals surface area contributed by atoms with Gasteiger partial charge in [0.2, 0.25) is 0 Å². The van der Waals surface area contributed by atoms with Gasteiger partial charge in [0, 0.05) is 26.6 Å². The molecule has 5 heteroatoms. The maximum absolute atomic E-state index is 6.90. The highest BCUT2D eigenvalue weighted by atomic mass is 32.1. The number of anilines is 2. The van der Waals surface area contributed by atoms with Crippen molar-refractivity contribution in [1.82, 2.24) is 0 Å². The lowest BCUT2D eigenvalue weighted by Gasteiger charge is -2.34. The van der Waals surface area contributed by atoms with Crippen molar-refractivity contribution < 1.29 is 9.15 Å². The molecule has 10 rings (SSSR count). The van der Waals surface area contributed by atoms with Gasteiger partial charge in [-0.1, -0.05) is 78.9 Å². The Hall–Kier alpha value is -5.00. The van der Waals surface area contributed by atoms with Gasteiger partial charge in [0.1, 0.15) is 11.2 Å². The number of benzene rings is 5. The molecule has 1 N–H and O–H groups in total. The summed E-state index contributed by atoms with van der Waals surface area (Å²) in [5, 5.41) is 7.17. The van der Waals surface area contributed by atoms with E-state index >= 15 is 0 Å². The quantitative estimate of drug-likeness (QED) is 0.228. The van der Waals surface area contributed by atoms with E-state index in [0.717, 1.165) is 38.9 Å². The second-order valence-corrected chi connectivity index (χ2v) is 12.4. The second kappa shape index (κ2) is 8.28. The molecule has 0 radical (unpaired) electrons. The highest BCUT2D eigenvalue weighted by molar-refractivity contribution is 7.20. The first kappa shape index (κ1) is 22.7. The lowest BCUT2D eigenvalue weighted by Crippen LogP contribution is -2.47. The van der Waals surface area contributed by atoms with Crippen molar-refractivity contribution in [3.05, 3.63) is 131 Å². The van der Waals surface area contributed by atoms with Crippen molar-refractivity contribution in [3.8, 4) is 16.9 Å². The number of hydrogen-bond donors (Lipinski definition) is 1. The first-order chi connectivity index (χ1) is 20.8. The highest BCUT2D eigenvalue weighted by Crippen LogP contribution is 2.54. The molecule has 2 aliphatic heterocycles. The van der Waals surface area contributed by atoms with Crippen LogP contribution in [0.3, 0.4) is 0 Å². The smallest absolute Gasteiger partial charge is 0.251 e. The first-order valence-electron chi connectivity index (χ1n) is 14.4. The Morgan fingerprint density at radius 3 is 2.52 bits per heavy atom. The van der Waals surface area contributed by atoms with Crippen molar-refractivity contribution in [2.75, 3.05) is 10.2 Å². The topological polar surface area (TPSA) is 37.6 Å². The summed E-state index contributed by atoms with van der Waals surface area (Å²) in [7, 11) is 0. The monoisotopic (exact) mass is 560 g/mol. The number of thiophene rings is 1. The molecule has 4 heterocycles. The van der Waals surface area contributed by atoms with Crippen LogP contribution < -0.4 is 15.0 Å². The van der Waals surface area contributed by atoms with Gasteiger partial charge in [0.05, 0.1) is 17.1 Å². The molecule has 0 spiro atoms. The molecule has 4 nitrogen and oxygen atoms in total. The number of rotatable bonds is 2. The Kier molecular flexibility index (Phi) is 4.47. The third kappa shape index (κ3) is 3.01. The molecule has 1 aliphatic carbocycles. The third-order valence-corrected chi connectivity index (χ3v) is 10.2. The molecular formula is C37H24N2O2S. The number of nitrogens with one attached hydrogen (secondary N) is 1. The van der Waals surface area contributed by atoms with Gasteiger partial charge in [0.25, 0.3) is 6.35 Å². The Balaban J connectivity index is 1.10. The van der Waals surface area contributed by atoms with Crippen LogP contribution in [0.4, 0.5) is 11.4 Å². The minimum atomic E-state index is -0.347. The molecule has 3 unspecified atom stereocenters. The van der Waals surface area contributed by atoms with E-state index in [1.54, 1.807) is 0 Å². The number of ether oxygens (including phenoxy) is 1. The molecule has 0 fully saturated rings. The zero-order chi connectivity index (χ0) is 27.4. The van der Waals surface area contributed by atoms with Crippen LogP contribution in [0.2, 0.25) is 0 Å². The summed E-state index contributed by atoms with van der Waals surface area (Å²) in [5.74, 6) is 1.10.